The van der Waals surface area contributed by atoms with Gasteiger partial charge in [0.25, 0.3) is 0 Å². The fraction of sp³-hybridized carbons (Fsp3) is 0. The van der Waals surface area contributed by atoms with Crippen molar-refractivity contribution in [3.63, 3.8) is 0 Å². The van der Waals surface area contributed by atoms with E-state index >= 15 is 0 Å². The summed E-state index contributed by atoms with van der Waals surface area (Å²) in [6.45, 7) is 0. The smallest absolute Gasteiger partial charge is 0.164 e. The molecule has 3 aromatic heterocycles. The first-order chi connectivity index (χ1) is 27.8. The van der Waals surface area contributed by atoms with Crippen LogP contribution in [-0.4, -0.2) is 24.1 Å². The maximum atomic E-state index is 10.9. The summed E-state index contributed by atoms with van der Waals surface area (Å²) in [7, 11) is 0. The van der Waals surface area contributed by atoms with E-state index in [1.165, 1.54) is 0 Å². The topological polar surface area (TPSA) is 72.3 Å². The van der Waals surface area contributed by atoms with Gasteiger partial charge < -0.3 is 9.13 Å². The molecule has 0 aliphatic rings. The third-order valence-corrected chi connectivity index (χ3v) is 9.50. The number of para-hydroxylation sites is 3. The quantitative estimate of drug-likeness (QED) is 0.183. The minimum Gasteiger partial charge on any atom is -0.309 e. The summed E-state index contributed by atoms with van der Waals surface area (Å²) in [5.74, 6) is 1.46. The van der Waals surface area contributed by atoms with Gasteiger partial charge in [-0.05, 0) is 48.5 Å². The number of aromatic nitrogens is 5. The zero-order valence-corrected chi connectivity index (χ0v) is 27.5. The minimum atomic E-state index is -0.450. The Kier molecular flexibility index (Phi) is 5.66. The fourth-order valence-electron chi connectivity index (χ4n) is 7.25. The van der Waals surface area contributed by atoms with Crippen molar-refractivity contribution in [3.8, 4) is 51.6 Å². The molecule has 0 amide bonds. The number of benzene rings is 7. The van der Waals surface area contributed by atoms with E-state index in [0.29, 0.717) is 45.3 Å². The summed E-state index contributed by atoms with van der Waals surface area (Å²) in [5, 5.41) is 14.4. The molecule has 0 aliphatic carbocycles. The van der Waals surface area contributed by atoms with Gasteiger partial charge in [0.15, 0.2) is 17.5 Å². The van der Waals surface area contributed by atoms with Crippen LogP contribution in [0.4, 0.5) is 0 Å². The lowest BCUT2D eigenvalue weighted by Crippen LogP contribution is -2.02. The van der Waals surface area contributed by atoms with E-state index in [1.54, 1.807) is 4.57 Å². The van der Waals surface area contributed by atoms with Gasteiger partial charge in [0.05, 0.1) is 40.2 Å². The van der Waals surface area contributed by atoms with E-state index in [-0.39, 0.29) is 17.8 Å². The van der Waals surface area contributed by atoms with Gasteiger partial charge in [0, 0.05) is 43.9 Å². The summed E-state index contributed by atoms with van der Waals surface area (Å²) in [5.41, 5.74) is 6.47. The molecular formula is C46H28N6. The molecule has 6 nitrogen and oxygen atoms in total. The van der Waals surface area contributed by atoms with Gasteiger partial charge >= 0.3 is 0 Å². The number of hydrogen-bond donors (Lipinski definition) is 0. The Labute approximate surface area is 306 Å². The van der Waals surface area contributed by atoms with Crippen LogP contribution in [0.2, 0.25) is 0 Å². The standard InChI is InChI=1S/C46H28N6/c47-29-33-28-32(46-49-44(30-14-4-1-5-15-30)48-45(50-46)31-16-6-2-7-17-31)24-26-38(33)52-39-22-12-10-20-35(39)36-25-27-41-42(43(36)52)37-21-11-13-23-40(37)51(41)34-18-8-3-9-19-34/h1-28H/i3D,8D,9D,18D,19D. The molecule has 3 heterocycles. The van der Waals surface area contributed by atoms with Crippen LogP contribution in [-0.2, 0) is 0 Å². The Bertz CT molecular complexity index is 3230. The Hall–Kier alpha value is -7.36. The summed E-state index contributed by atoms with van der Waals surface area (Å²) in [4.78, 5) is 14.6. The van der Waals surface area contributed by atoms with E-state index < -0.39 is 18.1 Å². The molecule has 0 fully saturated rings. The first-order valence-corrected chi connectivity index (χ1v) is 16.8. The first-order valence-electron chi connectivity index (χ1n) is 19.3. The lowest BCUT2D eigenvalue weighted by molar-refractivity contribution is 1.07. The zero-order chi connectivity index (χ0) is 38.9. The highest BCUT2D eigenvalue weighted by atomic mass is 15.0. The van der Waals surface area contributed by atoms with Gasteiger partial charge in [-0.2, -0.15) is 5.26 Å². The highest BCUT2D eigenvalue weighted by Crippen LogP contribution is 2.42. The van der Waals surface area contributed by atoms with Crippen molar-refractivity contribution in [1.29, 1.82) is 5.26 Å². The highest BCUT2D eigenvalue weighted by molar-refractivity contribution is 6.26. The summed E-state index contributed by atoms with van der Waals surface area (Å²) >= 11 is 0. The van der Waals surface area contributed by atoms with Crippen molar-refractivity contribution in [3.05, 3.63) is 175 Å². The molecule has 6 heteroatoms. The number of rotatable bonds is 5. The predicted molar refractivity (Wildman–Crippen MR) is 210 cm³/mol. The van der Waals surface area contributed by atoms with Gasteiger partial charge in [-0.3, -0.25) is 0 Å². The van der Waals surface area contributed by atoms with Crippen LogP contribution in [0.25, 0.3) is 89.2 Å². The molecule has 0 aliphatic heterocycles. The van der Waals surface area contributed by atoms with Crippen LogP contribution < -0.4 is 0 Å². The molecule has 7 aromatic carbocycles. The average Bonchev–Trinajstić information content (AvgIpc) is 3.78. The lowest BCUT2D eigenvalue weighted by Gasteiger charge is -2.13. The first kappa shape index (κ1) is 24.7. The van der Waals surface area contributed by atoms with E-state index in [1.807, 2.05) is 133 Å². The molecule has 242 valence electrons. The van der Waals surface area contributed by atoms with Crippen LogP contribution in [0.15, 0.2) is 170 Å². The van der Waals surface area contributed by atoms with E-state index in [9.17, 15) is 5.26 Å². The SMILES string of the molecule is [2H]c1c([2H])c([2H])c(-n2c3ccccc3c3c2ccc2c4ccccc4n(-c4ccc(-c5nc(-c6ccccc6)nc(-c6ccccc6)n5)cc4C#N)c23)c([2H])c1[2H]. The van der Waals surface area contributed by atoms with Crippen LogP contribution in [0.1, 0.15) is 12.4 Å². The van der Waals surface area contributed by atoms with Gasteiger partial charge in [0.1, 0.15) is 6.07 Å². The lowest BCUT2D eigenvalue weighted by atomic mass is 10.1. The van der Waals surface area contributed by atoms with Gasteiger partial charge in [0.2, 0.25) is 0 Å². The molecule has 0 saturated carbocycles. The number of nitriles is 1. The van der Waals surface area contributed by atoms with Crippen molar-refractivity contribution in [2.45, 2.75) is 0 Å². The molecule has 52 heavy (non-hydrogen) atoms. The molecule has 0 saturated heterocycles. The van der Waals surface area contributed by atoms with Crippen LogP contribution in [0.5, 0.6) is 0 Å². The maximum absolute atomic E-state index is 10.9. The van der Waals surface area contributed by atoms with E-state index in [4.69, 9.17) is 21.8 Å². The van der Waals surface area contributed by atoms with Crippen molar-refractivity contribution < 1.29 is 6.85 Å². The van der Waals surface area contributed by atoms with Gasteiger partial charge in [-0.15, -0.1) is 0 Å². The Morgan fingerprint density at radius 2 is 1.08 bits per heavy atom. The second-order valence-electron chi connectivity index (χ2n) is 12.4. The molecule has 0 spiro atoms. The molecule has 0 N–H and O–H groups in total. The maximum Gasteiger partial charge on any atom is 0.164 e. The van der Waals surface area contributed by atoms with Crippen LogP contribution in [0.3, 0.4) is 0 Å². The monoisotopic (exact) mass is 669 g/mol. The highest BCUT2D eigenvalue weighted by Gasteiger charge is 2.22. The second kappa shape index (κ2) is 11.9. The van der Waals surface area contributed by atoms with Crippen molar-refractivity contribution in [1.82, 2.24) is 24.1 Å². The molecule has 0 radical (unpaired) electrons. The van der Waals surface area contributed by atoms with Crippen LogP contribution >= 0.6 is 0 Å². The number of nitrogens with zero attached hydrogens (tertiary/aromatic N) is 6. The van der Waals surface area contributed by atoms with Gasteiger partial charge in [-0.25, -0.2) is 15.0 Å². The molecule has 10 rings (SSSR count). The van der Waals surface area contributed by atoms with Crippen LogP contribution in [0, 0.1) is 11.3 Å². The van der Waals surface area contributed by atoms with E-state index in [0.717, 1.165) is 43.7 Å². The summed E-state index contributed by atoms with van der Waals surface area (Å²) in [6.07, 6.45) is 0. The third kappa shape index (κ3) is 4.61. The fourth-order valence-corrected chi connectivity index (χ4v) is 7.25. The van der Waals surface area contributed by atoms with Crippen molar-refractivity contribution >= 4 is 43.6 Å². The van der Waals surface area contributed by atoms with Gasteiger partial charge in [-0.1, -0.05) is 121 Å². The molecule has 10 aromatic rings. The summed E-state index contributed by atoms with van der Waals surface area (Å²) in [6, 6.07) is 45.4. The predicted octanol–water partition coefficient (Wildman–Crippen LogP) is 10.9. The minimum absolute atomic E-state index is 0.0679. The summed E-state index contributed by atoms with van der Waals surface area (Å²) < 4.78 is 46.9. The average molecular weight is 670 g/mol. The Morgan fingerprint density at radius 1 is 0.500 bits per heavy atom. The number of hydrogen-bond acceptors (Lipinski definition) is 4. The third-order valence-electron chi connectivity index (χ3n) is 9.50. The molecule has 0 atom stereocenters. The molecule has 0 unspecified atom stereocenters. The number of fused-ring (bicyclic) bond motifs is 7. The Balaban J connectivity index is 1.26. The molecule has 0 bridgehead atoms. The van der Waals surface area contributed by atoms with Crippen molar-refractivity contribution in [2.24, 2.45) is 0 Å². The van der Waals surface area contributed by atoms with E-state index in [2.05, 4.69) is 16.7 Å². The largest absolute Gasteiger partial charge is 0.309 e. The normalized spacial score (nSPS) is 12.8. The molecular weight excluding hydrogens is 637 g/mol. The second-order valence-corrected chi connectivity index (χ2v) is 12.4. The Morgan fingerprint density at radius 3 is 1.73 bits per heavy atom. The zero-order valence-electron chi connectivity index (χ0n) is 32.5. The van der Waals surface area contributed by atoms with Crippen molar-refractivity contribution in [2.75, 3.05) is 0 Å².